The molecule has 1 N–H and O–H groups in total. The van der Waals surface area contributed by atoms with Crippen molar-refractivity contribution in [1.29, 1.82) is 0 Å². The van der Waals surface area contributed by atoms with E-state index in [-0.39, 0.29) is 0 Å². The monoisotopic (exact) mass is 409 g/mol. The number of fused-ring (bicyclic) bond motifs is 2. The number of hydrogen-bond donors (Lipinski definition) is 1. The summed E-state index contributed by atoms with van der Waals surface area (Å²) in [6, 6.07) is 8.97. The van der Waals surface area contributed by atoms with Crippen molar-refractivity contribution in [3.63, 3.8) is 0 Å². The Labute approximate surface area is 170 Å². The van der Waals surface area contributed by atoms with Gasteiger partial charge in [0, 0.05) is 61.2 Å². The average Bonchev–Trinajstić information content (AvgIpc) is 3.16. The Bertz CT molecular complexity index is 1200. The molecular formula is C22H18F3N5. The highest BCUT2D eigenvalue weighted by molar-refractivity contribution is 5.79. The maximum Gasteiger partial charge on any atom is 0.416 e. The highest BCUT2D eigenvalue weighted by atomic mass is 19.4. The largest absolute Gasteiger partial charge is 0.416 e. The second kappa shape index (κ2) is 7.21. The summed E-state index contributed by atoms with van der Waals surface area (Å²) >= 11 is 0. The van der Waals surface area contributed by atoms with Crippen LogP contribution in [0.5, 0.6) is 0 Å². The van der Waals surface area contributed by atoms with E-state index in [1.807, 2.05) is 12.3 Å². The number of aromatic amines is 1. The predicted octanol–water partition coefficient (Wildman–Crippen LogP) is 4.60. The topological polar surface area (TPSA) is 57.7 Å². The molecule has 8 heteroatoms. The van der Waals surface area contributed by atoms with Crippen LogP contribution in [0.3, 0.4) is 0 Å². The number of halogens is 3. The van der Waals surface area contributed by atoms with Crippen LogP contribution in [0.4, 0.5) is 13.2 Å². The van der Waals surface area contributed by atoms with Gasteiger partial charge in [-0.1, -0.05) is 12.1 Å². The average molecular weight is 409 g/mol. The van der Waals surface area contributed by atoms with Crippen LogP contribution in [0.2, 0.25) is 0 Å². The lowest BCUT2D eigenvalue weighted by Gasteiger charge is -2.27. The Morgan fingerprint density at radius 3 is 2.70 bits per heavy atom. The molecule has 152 valence electrons. The van der Waals surface area contributed by atoms with Crippen LogP contribution in [-0.2, 0) is 25.7 Å². The summed E-state index contributed by atoms with van der Waals surface area (Å²) in [6.45, 7) is 2.38. The van der Waals surface area contributed by atoms with Gasteiger partial charge >= 0.3 is 6.18 Å². The van der Waals surface area contributed by atoms with Gasteiger partial charge in [-0.05, 0) is 29.8 Å². The van der Waals surface area contributed by atoms with Gasteiger partial charge in [0.1, 0.15) is 5.65 Å². The minimum absolute atomic E-state index is 0.457. The summed E-state index contributed by atoms with van der Waals surface area (Å²) in [5.74, 6) is 0.457. The summed E-state index contributed by atoms with van der Waals surface area (Å²) in [7, 11) is 0. The summed E-state index contributed by atoms with van der Waals surface area (Å²) in [5.41, 5.74) is 4.00. The zero-order valence-electron chi connectivity index (χ0n) is 15.9. The van der Waals surface area contributed by atoms with Gasteiger partial charge in [0.05, 0.1) is 11.3 Å². The van der Waals surface area contributed by atoms with Gasteiger partial charge in [0.2, 0.25) is 0 Å². The first-order chi connectivity index (χ1) is 14.5. The lowest BCUT2D eigenvalue weighted by atomic mass is 10.1. The van der Waals surface area contributed by atoms with Crippen molar-refractivity contribution in [2.24, 2.45) is 0 Å². The van der Waals surface area contributed by atoms with Gasteiger partial charge < -0.3 is 4.98 Å². The number of pyridine rings is 1. The number of H-pyrrole nitrogens is 1. The molecule has 30 heavy (non-hydrogen) atoms. The lowest BCUT2D eigenvalue weighted by molar-refractivity contribution is -0.137. The van der Waals surface area contributed by atoms with E-state index in [4.69, 9.17) is 0 Å². The molecule has 0 atom stereocenters. The van der Waals surface area contributed by atoms with Crippen molar-refractivity contribution in [1.82, 2.24) is 24.8 Å². The summed E-state index contributed by atoms with van der Waals surface area (Å²) < 4.78 is 38.3. The van der Waals surface area contributed by atoms with E-state index in [9.17, 15) is 13.2 Å². The molecule has 0 bridgehead atoms. The highest BCUT2D eigenvalue weighted by Crippen LogP contribution is 2.31. The van der Waals surface area contributed by atoms with Crippen LogP contribution < -0.4 is 0 Å². The van der Waals surface area contributed by atoms with Gasteiger partial charge in [0.15, 0.2) is 5.82 Å². The van der Waals surface area contributed by atoms with Crippen LogP contribution >= 0.6 is 0 Å². The molecule has 0 amide bonds. The maximum atomic E-state index is 12.8. The van der Waals surface area contributed by atoms with Crippen molar-refractivity contribution in [2.45, 2.75) is 25.7 Å². The third kappa shape index (κ3) is 3.54. The van der Waals surface area contributed by atoms with Gasteiger partial charge in [-0.25, -0.2) is 15.0 Å². The highest BCUT2D eigenvalue weighted by Gasteiger charge is 2.30. The van der Waals surface area contributed by atoms with E-state index in [1.165, 1.54) is 17.7 Å². The van der Waals surface area contributed by atoms with Crippen LogP contribution in [0, 0.1) is 0 Å². The lowest BCUT2D eigenvalue weighted by Crippen LogP contribution is -2.30. The number of hydrogen-bond acceptors (Lipinski definition) is 4. The molecule has 0 spiro atoms. The SMILES string of the molecule is FC(F)(F)c1ccc(-c2ncc3c(n2)CCN(Cc2c[nH]c4ncccc24)C3)cc1. The number of aromatic nitrogens is 4. The minimum Gasteiger partial charge on any atom is -0.346 e. The molecule has 0 aliphatic carbocycles. The van der Waals surface area contributed by atoms with E-state index in [0.717, 1.165) is 60.5 Å². The Hall–Kier alpha value is -3.26. The standard InChI is InChI=1S/C22H18F3N5/c23-22(24,25)17-5-3-14(4-6-17)20-27-11-16-13-30(9-7-19(16)29-20)12-15-10-28-21-18(15)2-1-8-26-21/h1-6,8,10-11H,7,9,12-13H2,(H,26,28). The smallest absolute Gasteiger partial charge is 0.346 e. The molecule has 4 heterocycles. The molecule has 0 unspecified atom stereocenters. The molecule has 0 radical (unpaired) electrons. The fourth-order valence-electron chi connectivity index (χ4n) is 3.84. The van der Waals surface area contributed by atoms with E-state index >= 15 is 0 Å². The molecule has 1 aliphatic rings. The number of alkyl halides is 3. The van der Waals surface area contributed by atoms with Crippen molar-refractivity contribution >= 4 is 11.0 Å². The fourth-order valence-corrected chi connectivity index (χ4v) is 3.84. The Balaban J connectivity index is 1.33. The number of nitrogens with zero attached hydrogens (tertiary/aromatic N) is 4. The molecule has 5 rings (SSSR count). The molecule has 1 aromatic carbocycles. The van der Waals surface area contributed by atoms with Crippen LogP contribution in [0.1, 0.15) is 22.4 Å². The summed E-state index contributed by atoms with van der Waals surface area (Å²) in [6.07, 6.45) is 1.98. The third-order valence-corrected chi connectivity index (χ3v) is 5.41. The second-order valence-corrected chi connectivity index (χ2v) is 7.41. The van der Waals surface area contributed by atoms with Crippen LogP contribution in [0.15, 0.2) is 55.0 Å². The molecule has 4 aromatic rings. The molecule has 5 nitrogen and oxygen atoms in total. The molecule has 0 fully saturated rings. The molecular weight excluding hydrogens is 391 g/mol. The Morgan fingerprint density at radius 2 is 1.90 bits per heavy atom. The Morgan fingerprint density at radius 1 is 1.07 bits per heavy atom. The van der Waals surface area contributed by atoms with Crippen molar-refractivity contribution in [3.05, 3.63) is 77.4 Å². The maximum absolute atomic E-state index is 12.8. The van der Waals surface area contributed by atoms with E-state index in [2.05, 4.69) is 30.9 Å². The van der Waals surface area contributed by atoms with Crippen LogP contribution in [-0.4, -0.2) is 31.4 Å². The number of benzene rings is 1. The minimum atomic E-state index is -4.35. The predicted molar refractivity (Wildman–Crippen MR) is 106 cm³/mol. The zero-order valence-corrected chi connectivity index (χ0v) is 15.9. The summed E-state index contributed by atoms with van der Waals surface area (Å²) in [4.78, 5) is 18.9. The molecule has 1 aliphatic heterocycles. The molecule has 0 saturated carbocycles. The van der Waals surface area contributed by atoms with Crippen molar-refractivity contribution < 1.29 is 13.2 Å². The van der Waals surface area contributed by atoms with Crippen molar-refractivity contribution in [3.8, 4) is 11.4 Å². The van der Waals surface area contributed by atoms with Crippen molar-refractivity contribution in [2.75, 3.05) is 6.54 Å². The number of nitrogens with one attached hydrogen (secondary N) is 1. The van der Waals surface area contributed by atoms with E-state index in [1.54, 1.807) is 12.4 Å². The first-order valence-electron chi connectivity index (χ1n) is 9.63. The Kier molecular flexibility index (Phi) is 4.51. The quantitative estimate of drug-likeness (QED) is 0.537. The van der Waals surface area contributed by atoms with Crippen LogP contribution in [0.25, 0.3) is 22.4 Å². The zero-order chi connectivity index (χ0) is 20.7. The number of rotatable bonds is 3. The van der Waals surface area contributed by atoms with E-state index in [0.29, 0.717) is 11.4 Å². The first-order valence-corrected chi connectivity index (χ1v) is 9.63. The molecule has 3 aromatic heterocycles. The van der Waals surface area contributed by atoms with Gasteiger partial charge in [0.25, 0.3) is 0 Å². The van der Waals surface area contributed by atoms with E-state index < -0.39 is 11.7 Å². The summed E-state index contributed by atoms with van der Waals surface area (Å²) in [5, 5.41) is 1.12. The van der Waals surface area contributed by atoms with Gasteiger partial charge in [-0.2, -0.15) is 13.2 Å². The normalized spacial score (nSPS) is 14.8. The van der Waals surface area contributed by atoms with Gasteiger partial charge in [-0.3, -0.25) is 4.90 Å². The third-order valence-electron chi connectivity index (χ3n) is 5.41. The van der Waals surface area contributed by atoms with Gasteiger partial charge in [-0.15, -0.1) is 0 Å². The fraction of sp³-hybridized carbons (Fsp3) is 0.227. The second-order valence-electron chi connectivity index (χ2n) is 7.41. The first kappa shape index (κ1) is 18.7. The molecule has 0 saturated heterocycles.